The van der Waals surface area contributed by atoms with E-state index in [0.29, 0.717) is 0 Å². The lowest BCUT2D eigenvalue weighted by atomic mass is 9.65. The highest BCUT2D eigenvalue weighted by molar-refractivity contribution is 6.04. The van der Waals surface area contributed by atoms with Crippen LogP contribution in [-0.4, -0.2) is 47.8 Å². The van der Waals surface area contributed by atoms with Gasteiger partial charge in [0.15, 0.2) is 0 Å². The summed E-state index contributed by atoms with van der Waals surface area (Å²) in [6, 6.07) is 13.6. The van der Waals surface area contributed by atoms with Gasteiger partial charge in [0.1, 0.15) is 11.7 Å². The zero-order valence-electron chi connectivity index (χ0n) is 19.4. The summed E-state index contributed by atoms with van der Waals surface area (Å²) in [7, 11) is 0. The third-order valence-corrected chi connectivity index (χ3v) is 8.00. The Morgan fingerprint density at radius 2 is 1.18 bits per heavy atom. The number of aromatic amines is 2. The minimum Gasteiger partial charge on any atom is -0.368 e. The largest absolute Gasteiger partial charge is 0.368 e. The first-order chi connectivity index (χ1) is 16.8. The van der Waals surface area contributed by atoms with E-state index in [1.807, 2.05) is 0 Å². The highest BCUT2D eigenvalue weighted by atomic mass is 15.1. The molecule has 4 N–H and O–H groups in total. The molecule has 1 aliphatic carbocycles. The van der Waals surface area contributed by atoms with Gasteiger partial charge in [0.2, 0.25) is 0 Å². The summed E-state index contributed by atoms with van der Waals surface area (Å²) in [5, 5.41) is 9.47. The van der Waals surface area contributed by atoms with E-state index in [1.165, 1.54) is 76.2 Å². The lowest BCUT2D eigenvalue weighted by molar-refractivity contribution is 0.350. The number of fused-ring (bicyclic) bond motifs is 2. The van der Waals surface area contributed by atoms with Crippen molar-refractivity contribution in [1.82, 2.24) is 20.6 Å². The molecule has 2 aromatic carbocycles. The van der Waals surface area contributed by atoms with Gasteiger partial charge in [-0.1, -0.05) is 43.5 Å². The minimum atomic E-state index is 0.0179. The van der Waals surface area contributed by atoms with Crippen LogP contribution in [0, 0.1) is 0 Å². The number of hydrogen-bond donors (Lipinski definition) is 4. The van der Waals surface area contributed by atoms with Crippen molar-refractivity contribution in [3.8, 4) is 0 Å². The molecule has 4 aromatic rings. The molecular weight excluding hydrogens is 420 g/mol. The monoisotopic (exact) mass is 450 g/mol. The van der Waals surface area contributed by atoms with E-state index in [9.17, 15) is 0 Å². The molecule has 0 radical (unpaired) electrons. The Morgan fingerprint density at radius 3 is 1.65 bits per heavy atom. The third kappa shape index (κ3) is 3.01. The van der Waals surface area contributed by atoms with Crippen molar-refractivity contribution in [3.63, 3.8) is 0 Å². The average molecular weight is 451 g/mol. The molecule has 0 spiro atoms. The number of amidine groups is 2. The van der Waals surface area contributed by atoms with Crippen LogP contribution in [0.4, 0.5) is 0 Å². The number of rotatable bonds is 4. The van der Waals surface area contributed by atoms with Crippen LogP contribution in [-0.2, 0) is 5.41 Å². The Kier molecular flexibility index (Phi) is 4.54. The van der Waals surface area contributed by atoms with Crippen molar-refractivity contribution in [3.05, 3.63) is 71.0 Å². The molecule has 34 heavy (non-hydrogen) atoms. The predicted octanol–water partition coefficient (Wildman–Crippen LogP) is 4.60. The first-order valence-electron chi connectivity index (χ1n) is 12.6. The zero-order chi connectivity index (χ0) is 22.5. The van der Waals surface area contributed by atoms with Crippen LogP contribution in [0.1, 0.15) is 54.4 Å². The number of aliphatic imine (C=N–C) groups is 2. The fraction of sp³-hybridized carbons (Fsp3) is 0.357. The van der Waals surface area contributed by atoms with Crippen molar-refractivity contribution in [2.75, 3.05) is 26.2 Å². The van der Waals surface area contributed by atoms with Crippen LogP contribution in [0.15, 0.2) is 58.8 Å². The second-order valence-electron chi connectivity index (χ2n) is 9.88. The molecule has 0 saturated heterocycles. The SMILES string of the molecule is c1cc2c(C3(c4c[nH]c5cc(C6=NCCN6)ccc45)CCCCC3)c[nH]c2cc1C1=NCCN1. The Bertz CT molecular complexity index is 1340. The predicted molar refractivity (Wildman–Crippen MR) is 139 cm³/mol. The summed E-state index contributed by atoms with van der Waals surface area (Å²) in [5.74, 6) is 2.03. The van der Waals surface area contributed by atoms with E-state index in [2.05, 4.69) is 79.4 Å². The van der Waals surface area contributed by atoms with E-state index in [0.717, 1.165) is 37.9 Å². The Labute approximate surface area is 199 Å². The van der Waals surface area contributed by atoms with Gasteiger partial charge in [0, 0.05) is 63.8 Å². The van der Waals surface area contributed by atoms with Crippen molar-refractivity contribution >= 4 is 33.5 Å². The Morgan fingerprint density at radius 1 is 0.647 bits per heavy atom. The number of H-pyrrole nitrogens is 2. The number of nitrogens with zero attached hydrogens (tertiary/aromatic N) is 2. The second-order valence-corrected chi connectivity index (χ2v) is 9.88. The van der Waals surface area contributed by atoms with E-state index in [4.69, 9.17) is 0 Å². The average Bonchev–Trinajstić information content (AvgIpc) is 3.70. The molecule has 0 bridgehead atoms. The number of aromatic nitrogens is 2. The van der Waals surface area contributed by atoms with E-state index in [-0.39, 0.29) is 5.41 Å². The normalized spacial score (nSPS) is 19.8. The maximum absolute atomic E-state index is 4.61. The highest BCUT2D eigenvalue weighted by Gasteiger charge is 2.39. The molecule has 1 saturated carbocycles. The smallest absolute Gasteiger partial charge is 0.128 e. The molecular formula is C28H30N6. The van der Waals surface area contributed by atoms with Crippen molar-refractivity contribution in [1.29, 1.82) is 0 Å². The van der Waals surface area contributed by atoms with Gasteiger partial charge in [0.05, 0.1) is 13.1 Å². The standard InChI is InChI=1S/C28H30N6/c1-2-8-28(9-3-1,22-16-33-24-14-18(4-6-20(22)24)26-29-10-11-30-26)23-17-34-25-15-19(5-7-21(23)25)27-31-12-13-32-27/h4-7,14-17,33-34H,1-3,8-13H2,(H,29,30)(H,31,32). The fourth-order valence-electron chi connectivity index (χ4n) is 6.36. The third-order valence-electron chi connectivity index (χ3n) is 8.00. The van der Waals surface area contributed by atoms with Crippen LogP contribution in [0.5, 0.6) is 0 Å². The van der Waals surface area contributed by atoms with E-state index >= 15 is 0 Å². The molecule has 4 heterocycles. The summed E-state index contributed by atoms with van der Waals surface area (Å²) >= 11 is 0. The van der Waals surface area contributed by atoms with E-state index < -0.39 is 0 Å². The number of benzene rings is 2. The number of nitrogens with one attached hydrogen (secondary N) is 4. The Hall–Kier alpha value is -3.54. The lowest BCUT2D eigenvalue weighted by Gasteiger charge is -2.37. The van der Waals surface area contributed by atoms with Gasteiger partial charge in [-0.3, -0.25) is 9.98 Å². The van der Waals surface area contributed by atoms with Crippen molar-refractivity contribution in [2.45, 2.75) is 37.5 Å². The van der Waals surface area contributed by atoms with Gasteiger partial charge in [-0.05, 0) is 36.1 Å². The molecule has 6 nitrogen and oxygen atoms in total. The first-order valence-corrected chi connectivity index (χ1v) is 12.6. The number of hydrogen-bond acceptors (Lipinski definition) is 4. The summed E-state index contributed by atoms with van der Waals surface area (Å²) in [6.07, 6.45) is 10.7. The second kappa shape index (κ2) is 7.76. The van der Waals surface area contributed by atoms with Crippen LogP contribution < -0.4 is 10.6 Å². The summed E-state index contributed by atoms with van der Waals surface area (Å²) in [4.78, 5) is 16.4. The molecule has 0 unspecified atom stereocenters. The van der Waals surface area contributed by atoms with Gasteiger partial charge in [-0.2, -0.15) is 0 Å². The van der Waals surface area contributed by atoms with Gasteiger partial charge >= 0.3 is 0 Å². The van der Waals surface area contributed by atoms with Crippen LogP contribution in [0.25, 0.3) is 21.8 Å². The minimum absolute atomic E-state index is 0.0179. The van der Waals surface area contributed by atoms with Gasteiger partial charge in [-0.15, -0.1) is 0 Å². The lowest BCUT2D eigenvalue weighted by Crippen LogP contribution is -2.30. The topological polar surface area (TPSA) is 80.4 Å². The van der Waals surface area contributed by atoms with Gasteiger partial charge in [-0.25, -0.2) is 0 Å². The fourth-order valence-corrected chi connectivity index (χ4v) is 6.36. The molecule has 0 amide bonds. The molecule has 172 valence electrons. The highest BCUT2D eigenvalue weighted by Crippen LogP contribution is 2.49. The zero-order valence-corrected chi connectivity index (χ0v) is 19.4. The summed E-state index contributed by atoms with van der Waals surface area (Å²) in [5.41, 5.74) is 7.61. The van der Waals surface area contributed by atoms with Crippen LogP contribution in [0.3, 0.4) is 0 Å². The summed E-state index contributed by atoms with van der Waals surface area (Å²) in [6.45, 7) is 3.58. The van der Waals surface area contributed by atoms with Crippen molar-refractivity contribution in [2.24, 2.45) is 9.98 Å². The molecule has 1 fully saturated rings. The maximum atomic E-state index is 4.61. The summed E-state index contributed by atoms with van der Waals surface area (Å²) < 4.78 is 0. The van der Waals surface area contributed by atoms with E-state index in [1.54, 1.807) is 0 Å². The van der Waals surface area contributed by atoms with Crippen LogP contribution in [0.2, 0.25) is 0 Å². The molecule has 7 rings (SSSR count). The molecule has 0 atom stereocenters. The first kappa shape index (κ1) is 19.9. The van der Waals surface area contributed by atoms with Crippen LogP contribution >= 0.6 is 0 Å². The van der Waals surface area contributed by atoms with Gasteiger partial charge < -0.3 is 20.6 Å². The molecule has 3 aliphatic rings. The Balaban J connectivity index is 1.35. The van der Waals surface area contributed by atoms with Crippen molar-refractivity contribution < 1.29 is 0 Å². The molecule has 2 aliphatic heterocycles. The maximum Gasteiger partial charge on any atom is 0.128 e. The molecule has 2 aromatic heterocycles. The quantitative estimate of drug-likeness (QED) is 0.367. The van der Waals surface area contributed by atoms with Gasteiger partial charge in [0.25, 0.3) is 0 Å². The molecule has 6 heteroatoms.